The summed E-state index contributed by atoms with van der Waals surface area (Å²) < 4.78 is 10.3. The third-order valence-electron chi connectivity index (χ3n) is 1.67. The van der Waals surface area contributed by atoms with Gasteiger partial charge in [0, 0.05) is 12.2 Å². The van der Waals surface area contributed by atoms with Gasteiger partial charge >= 0.3 is 0 Å². The molecule has 0 unspecified atom stereocenters. The Morgan fingerprint density at radius 1 is 1.40 bits per heavy atom. The van der Waals surface area contributed by atoms with Gasteiger partial charge in [0.15, 0.2) is 0 Å². The fourth-order valence-corrected chi connectivity index (χ4v) is 1.15. The lowest BCUT2D eigenvalue weighted by atomic mass is 10.1. The first-order valence-corrected chi connectivity index (χ1v) is 3.48. The molecule has 0 saturated carbocycles. The van der Waals surface area contributed by atoms with Crippen molar-refractivity contribution in [2.45, 2.75) is 12.8 Å². The fraction of sp³-hybridized carbons (Fsp3) is 0.375. The second-order valence-electron chi connectivity index (χ2n) is 2.39. The van der Waals surface area contributed by atoms with E-state index in [1.165, 1.54) is 0 Å². The maximum atomic E-state index is 5.35. The first kappa shape index (κ1) is 5.98. The predicted octanol–water partition coefficient (Wildman–Crippen LogP) is 1.97. The Balaban J connectivity index is 2.12. The Morgan fingerprint density at radius 3 is 3.00 bits per heavy atom. The normalized spacial score (nSPS) is 20.0. The number of ether oxygens (including phenoxy) is 1. The molecule has 0 spiro atoms. The molecule has 1 aromatic heterocycles. The maximum Gasteiger partial charge on any atom is 0.129 e. The molecule has 1 aliphatic heterocycles. The van der Waals surface area contributed by atoms with Crippen LogP contribution in [0.25, 0.3) is 0 Å². The van der Waals surface area contributed by atoms with Crippen molar-refractivity contribution >= 4 is 0 Å². The molecule has 10 heavy (non-hydrogen) atoms. The molecule has 2 nitrogen and oxygen atoms in total. The van der Waals surface area contributed by atoms with E-state index in [1.54, 1.807) is 12.5 Å². The van der Waals surface area contributed by atoms with Gasteiger partial charge in [-0.05, 0) is 18.9 Å². The van der Waals surface area contributed by atoms with Crippen LogP contribution < -0.4 is 0 Å². The Labute approximate surface area is 59.8 Å². The van der Waals surface area contributed by atoms with Crippen LogP contribution in [0.2, 0.25) is 0 Å². The summed E-state index contributed by atoms with van der Waals surface area (Å²) in [5.74, 6) is 0. The summed E-state index contributed by atoms with van der Waals surface area (Å²) in [5.41, 5.74) is 1.09. The average molecular weight is 137 g/mol. The Morgan fingerprint density at radius 2 is 2.40 bits per heavy atom. The average Bonchev–Trinajstić information content (AvgIpc) is 2.59. The van der Waals surface area contributed by atoms with Crippen LogP contribution in [0, 0.1) is 6.10 Å². The summed E-state index contributed by atoms with van der Waals surface area (Å²) in [4.78, 5) is 0. The first-order valence-electron chi connectivity index (χ1n) is 3.48. The molecule has 0 atom stereocenters. The molecule has 0 bridgehead atoms. The van der Waals surface area contributed by atoms with Gasteiger partial charge in [-0.2, -0.15) is 0 Å². The zero-order valence-corrected chi connectivity index (χ0v) is 5.67. The number of rotatable bonds is 1. The highest BCUT2D eigenvalue weighted by molar-refractivity contribution is 5.22. The Hall–Kier alpha value is -0.760. The summed E-state index contributed by atoms with van der Waals surface area (Å²) in [6, 6.07) is 1.93. The predicted molar refractivity (Wildman–Crippen MR) is 36.2 cm³/mol. The molecular weight excluding hydrogens is 128 g/mol. The number of hydrogen-bond acceptors (Lipinski definition) is 2. The van der Waals surface area contributed by atoms with Crippen molar-refractivity contribution < 1.29 is 9.15 Å². The third kappa shape index (κ3) is 0.948. The van der Waals surface area contributed by atoms with E-state index in [4.69, 9.17) is 9.15 Å². The van der Waals surface area contributed by atoms with Crippen LogP contribution in [0.1, 0.15) is 18.4 Å². The van der Waals surface area contributed by atoms with E-state index in [1.807, 2.05) is 6.07 Å². The van der Waals surface area contributed by atoms with Crippen molar-refractivity contribution in [1.29, 1.82) is 0 Å². The van der Waals surface area contributed by atoms with Crippen molar-refractivity contribution in [1.82, 2.24) is 0 Å². The van der Waals surface area contributed by atoms with Gasteiger partial charge in [0.25, 0.3) is 0 Å². The SMILES string of the molecule is c1cc([C]2CCCO2)co1. The van der Waals surface area contributed by atoms with E-state index in [0.717, 1.165) is 31.1 Å². The van der Waals surface area contributed by atoms with Gasteiger partial charge < -0.3 is 9.15 Å². The lowest BCUT2D eigenvalue weighted by Gasteiger charge is -2.01. The van der Waals surface area contributed by atoms with Crippen LogP contribution in [0.15, 0.2) is 23.0 Å². The Kier molecular flexibility index (Phi) is 1.47. The second kappa shape index (κ2) is 2.46. The minimum atomic E-state index is 0.862. The zero-order chi connectivity index (χ0) is 6.81. The summed E-state index contributed by atoms with van der Waals surface area (Å²) in [6.07, 6.45) is 6.67. The van der Waals surface area contributed by atoms with Gasteiger partial charge in [0.05, 0.1) is 12.5 Å². The summed E-state index contributed by atoms with van der Waals surface area (Å²) in [6.45, 7) is 0.862. The van der Waals surface area contributed by atoms with E-state index < -0.39 is 0 Å². The lowest BCUT2D eigenvalue weighted by Crippen LogP contribution is -1.93. The van der Waals surface area contributed by atoms with Crippen LogP contribution in [-0.4, -0.2) is 6.61 Å². The smallest absolute Gasteiger partial charge is 0.129 e. The highest BCUT2D eigenvalue weighted by Gasteiger charge is 2.19. The largest absolute Gasteiger partial charge is 0.472 e. The minimum absolute atomic E-state index is 0.862. The van der Waals surface area contributed by atoms with Gasteiger partial charge in [-0.25, -0.2) is 0 Å². The molecule has 0 aliphatic carbocycles. The second-order valence-corrected chi connectivity index (χ2v) is 2.39. The fourth-order valence-electron chi connectivity index (χ4n) is 1.15. The maximum absolute atomic E-state index is 5.35. The molecule has 1 fully saturated rings. The van der Waals surface area contributed by atoms with Crippen molar-refractivity contribution in [3.63, 3.8) is 0 Å². The van der Waals surface area contributed by atoms with Gasteiger partial charge in [-0.1, -0.05) is 0 Å². The van der Waals surface area contributed by atoms with Crippen molar-refractivity contribution in [3.05, 3.63) is 30.3 Å². The molecule has 2 heteroatoms. The monoisotopic (exact) mass is 137 g/mol. The summed E-state index contributed by atoms with van der Waals surface area (Å²) in [5, 5.41) is 0. The van der Waals surface area contributed by atoms with Crippen LogP contribution in [-0.2, 0) is 4.74 Å². The van der Waals surface area contributed by atoms with E-state index >= 15 is 0 Å². The molecule has 0 amide bonds. The Bertz CT molecular complexity index is 185. The van der Waals surface area contributed by atoms with Gasteiger partial charge in [-0.15, -0.1) is 0 Å². The molecule has 2 heterocycles. The standard InChI is InChI=1S/C8H9O2/c1-2-8(10-4-1)7-3-5-9-6-7/h3,5-6H,1-2,4H2. The molecular formula is C8H9O2. The molecule has 1 saturated heterocycles. The quantitative estimate of drug-likeness (QED) is 0.590. The number of furan rings is 1. The van der Waals surface area contributed by atoms with Crippen LogP contribution in [0.5, 0.6) is 0 Å². The van der Waals surface area contributed by atoms with E-state index in [0.29, 0.717) is 0 Å². The van der Waals surface area contributed by atoms with Crippen LogP contribution >= 0.6 is 0 Å². The minimum Gasteiger partial charge on any atom is -0.472 e. The molecule has 1 aromatic rings. The van der Waals surface area contributed by atoms with Gasteiger partial charge in [0.2, 0.25) is 0 Å². The topological polar surface area (TPSA) is 22.4 Å². The lowest BCUT2D eigenvalue weighted by molar-refractivity contribution is 0.215. The molecule has 1 radical (unpaired) electrons. The van der Waals surface area contributed by atoms with E-state index in [9.17, 15) is 0 Å². The molecule has 53 valence electrons. The van der Waals surface area contributed by atoms with E-state index in [-0.39, 0.29) is 0 Å². The van der Waals surface area contributed by atoms with Crippen LogP contribution in [0.4, 0.5) is 0 Å². The van der Waals surface area contributed by atoms with Crippen molar-refractivity contribution in [2.24, 2.45) is 0 Å². The van der Waals surface area contributed by atoms with Crippen molar-refractivity contribution in [2.75, 3.05) is 6.61 Å². The molecule has 2 rings (SSSR count). The van der Waals surface area contributed by atoms with E-state index in [2.05, 4.69) is 0 Å². The number of hydrogen-bond donors (Lipinski definition) is 0. The summed E-state index contributed by atoms with van der Waals surface area (Å²) in [7, 11) is 0. The highest BCUT2D eigenvalue weighted by atomic mass is 16.5. The third-order valence-corrected chi connectivity index (χ3v) is 1.67. The molecule has 1 aliphatic rings. The highest BCUT2D eigenvalue weighted by Crippen LogP contribution is 2.27. The van der Waals surface area contributed by atoms with Gasteiger partial charge in [-0.3, -0.25) is 0 Å². The first-order chi connectivity index (χ1) is 4.97. The molecule has 0 N–H and O–H groups in total. The van der Waals surface area contributed by atoms with Gasteiger partial charge in [0.1, 0.15) is 6.10 Å². The summed E-state index contributed by atoms with van der Waals surface area (Å²) >= 11 is 0. The van der Waals surface area contributed by atoms with Crippen LogP contribution in [0.3, 0.4) is 0 Å². The molecule has 0 aromatic carbocycles. The zero-order valence-electron chi connectivity index (χ0n) is 5.67. The van der Waals surface area contributed by atoms with Crippen molar-refractivity contribution in [3.8, 4) is 0 Å².